The molecule has 0 bridgehead atoms. The van der Waals surface area contributed by atoms with Gasteiger partial charge in [-0.2, -0.15) is 0 Å². The van der Waals surface area contributed by atoms with Crippen molar-refractivity contribution >= 4 is 61.0 Å². The van der Waals surface area contributed by atoms with E-state index >= 15 is 0 Å². The van der Waals surface area contributed by atoms with Crippen LogP contribution in [0.5, 0.6) is 0 Å². The lowest BCUT2D eigenvalue weighted by atomic mass is 10.2. The lowest BCUT2D eigenvalue weighted by Gasteiger charge is -2.00. The van der Waals surface area contributed by atoms with Crippen LogP contribution in [0.15, 0.2) is 45.3 Å². The standard InChI is InChI=1S/C8H6BrClO2.C7H6BrCl/c1-12-8(11)5-2-3-6(9)7(10)4-5;1-5-2-3-6(8)7(9)4-5/h2-4H,1H3;2-4H,1H3. The van der Waals surface area contributed by atoms with E-state index in [1.165, 1.54) is 12.7 Å². The fourth-order valence-corrected chi connectivity index (χ4v) is 2.25. The molecule has 0 aliphatic heterocycles. The summed E-state index contributed by atoms with van der Waals surface area (Å²) < 4.78 is 6.23. The van der Waals surface area contributed by atoms with Crippen LogP contribution in [0.4, 0.5) is 0 Å². The molecule has 0 atom stereocenters. The largest absolute Gasteiger partial charge is 0.465 e. The Balaban J connectivity index is 0.000000219. The molecule has 2 rings (SSSR count). The molecule has 2 aromatic carbocycles. The van der Waals surface area contributed by atoms with Gasteiger partial charge in [-0.05, 0) is 74.7 Å². The zero-order chi connectivity index (χ0) is 16.0. The van der Waals surface area contributed by atoms with Crippen LogP contribution in [0.1, 0.15) is 15.9 Å². The minimum Gasteiger partial charge on any atom is -0.465 e. The summed E-state index contributed by atoms with van der Waals surface area (Å²) in [4.78, 5) is 11.0. The summed E-state index contributed by atoms with van der Waals surface area (Å²) in [6.07, 6.45) is 0. The molecule has 0 aliphatic carbocycles. The van der Waals surface area contributed by atoms with Gasteiger partial charge in [0.15, 0.2) is 0 Å². The van der Waals surface area contributed by atoms with Crippen LogP contribution in [-0.2, 0) is 4.74 Å². The first-order chi connectivity index (χ1) is 9.85. The number of hydrogen-bond acceptors (Lipinski definition) is 2. The Morgan fingerprint density at radius 1 is 1.00 bits per heavy atom. The zero-order valence-corrected chi connectivity index (χ0v) is 16.0. The van der Waals surface area contributed by atoms with E-state index in [0.717, 1.165) is 14.0 Å². The van der Waals surface area contributed by atoms with Crippen molar-refractivity contribution in [3.8, 4) is 0 Å². The number of methoxy groups -OCH3 is 1. The predicted molar refractivity (Wildman–Crippen MR) is 94.4 cm³/mol. The van der Waals surface area contributed by atoms with Crippen LogP contribution < -0.4 is 0 Å². The van der Waals surface area contributed by atoms with Crippen molar-refractivity contribution in [3.05, 3.63) is 66.5 Å². The molecule has 0 aromatic heterocycles. The Morgan fingerprint density at radius 3 is 1.95 bits per heavy atom. The number of benzene rings is 2. The molecule has 0 amide bonds. The molecule has 0 radical (unpaired) electrons. The van der Waals surface area contributed by atoms with Crippen LogP contribution >= 0.6 is 55.1 Å². The quantitative estimate of drug-likeness (QED) is 0.472. The molecular weight excluding hydrogens is 443 g/mol. The highest BCUT2D eigenvalue weighted by Crippen LogP contribution is 2.23. The van der Waals surface area contributed by atoms with Gasteiger partial charge in [-0.3, -0.25) is 0 Å². The highest BCUT2D eigenvalue weighted by Gasteiger charge is 2.06. The van der Waals surface area contributed by atoms with Crippen molar-refractivity contribution < 1.29 is 9.53 Å². The van der Waals surface area contributed by atoms with Gasteiger partial charge in [0.1, 0.15) is 0 Å². The maximum Gasteiger partial charge on any atom is 0.337 e. The van der Waals surface area contributed by atoms with Crippen LogP contribution in [0.25, 0.3) is 0 Å². The molecule has 112 valence electrons. The molecule has 21 heavy (non-hydrogen) atoms. The molecular formula is C15H12Br2Cl2O2. The van der Waals surface area contributed by atoms with Crippen LogP contribution in [-0.4, -0.2) is 13.1 Å². The molecule has 0 heterocycles. The van der Waals surface area contributed by atoms with Crippen LogP contribution in [0.3, 0.4) is 0 Å². The SMILES string of the molecule is COC(=O)c1ccc(Br)c(Cl)c1.Cc1ccc(Br)c(Cl)c1. The predicted octanol–water partition coefficient (Wildman–Crippen LogP) is 6.30. The fraction of sp³-hybridized carbons (Fsp3) is 0.133. The van der Waals surface area contributed by atoms with Gasteiger partial charge in [0.2, 0.25) is 0 Å². The van der Waals surface area contributed by atoms with E-state index in [1.807, 2.05) is 25.1 Å². The Bertz CT molecular complexity index is 646. The van der Waals surface area contributed by atoms with Gasteiger partial charge in [0.25, 0.3) is 0 Å². The molecule has 0 unspecified atom stereocenters. The van der Waals surface area contributed by atoms with E-state index in [9.17, 15) is 4.79 Å². The third kappa shape index (κ3) is 5.99. The molecule has 6 heteroatoms. The Hall–Kier alpha value is -0.550. The monoisotopic (exact) mass is 452 g/mol. The number of hydrogen-bond donors (Lipinski definition) is 0. The van der Waals surface area contributed by atoms with E-state index < -0.39 is 0 Å². The second kappa shape index (κ2) is 8.79. The van der Waals surface area contributed by atoms with Crippen molar-refractivity contribution in [2.45, 2.75) is 6.92 Å². The highest BCUT2D eigenvalue weighted by molar-refractivity contribution is 9.10. The van der Waals surface area contributed by atoms with Crippen LogP contribution in [0.2, 0.25) is 10.0 Å². The minimum absolute atomic E-state index is 0.385. The summed E-state index contributed by atoms with van der Waals surface area (Å²) in [5.74, 6) is -0.385. The first kappa shape index (κ1) is 18.5. The van der Waals surface area contributed by atoms with Crippen molar-refractivity contribution in [1.29, 1.82) is 0 Å². The Kier molecular flexibility index (Phi) is 7.74. The number of carbonyl (C=O) groups excluding carboxylic acids is 1. The van der Waals surface area contributed by atoms with E-state index in [2.05, 4.69) is 36.6 Å². The summed E-state index contributed by atoms with van der Waals surface area (Å²) >= 11 is 18.0. The van der Waals surface area contributed by atoms with Gasteiger partial charge < -0.3 is 4.74 Å². The molecule has 0 saturated heterocycles. The lowest BCUT2D eigenvalue weighted by Crippen LogP contribution is -2.00. The number of aryl methyl sites for hydroxylation is 1. The Labute approximate surface area is 150 Å². The summed E-state index contributed by atoms with van der Waals surface area (Å²) in [5.41, 5.74) is 1.63. The average Bonchev–Trinajstić information content (AvgIpc) is 2.46. The molecule has 2 nitrogen and oxygen atoms in total. The topological polar surface area (TPSA) is 26.3 Å². The third-order valence-electron chi connectivity index (χ3n) is 2.42. The summed E-state index contributed by atoms with van der Waals surface area (Å²) in [5, 5.41) is 1.27. The Morgan fingerprint density at radius 2 is 1.52 bits per heavy atom. The third-order valence-corrected chi connectivity index (χ3v) is 4.88. The summed E-state index contributed by atoms with van der Waals surface area (Å²) in [6, 6.07) is 10.8. The highest BCUT2D eigenvalue weighted by atomic mass is 79.9. The molecule has 2 aromatic rings. The maximum atomic E-state index is 11.0. The number of carbonyl (C=O) groups is 1. The van der Waals surface area contributed by atoms with Gasteiger partial charge in [-0.15, -0.1) is 0 Å². The number of esters is 1. The van der Waals surface area contributed by atoms with E-state index in [-0.39, 0.29) is 5.97 Å². The normalized spacial score (nSPS) is 9.62. The van der Waals surface area contributed by atoms with Gasteiger partial charge >= 0.3 is 5.97 Å². The average molecular weight is 455 g/mol. The van der Waals surface area contributed by atoms with Crippen molar-refractivity contribution in [3.63, 3.8) is 0 Å². The molecule has 0 fully saturated rings. The summed E-state index contributed by atoms with van der Waals surface area (Å²) in [7, 11) is 1.33. The zero-order valence-electron chi connectivity index (χ0n) is 11.3. The fourth-order valence-electron chi connectivity index (χ4n) is 1.34. The van der Waals surface area contributed by atoms with Crippen LogP contribution in [0, 0.1) is 6.92 Å². The molecule has 0 saturated carbocycles. The minimum atomic E-state index is -0.385. The van der Waals surface area contributed by atoms with Gasteiger partial charge in [-0.1, -0.05) is 29.3 Å². The van der Waals surface area contributed by atoms with E-state index in [4.69, 9.17) is 23.2 Å². The van der Waals surface area contributed by atoms with Crippen molar-refractivity contribution in [1.82, 2.24) is 0 Å². The first-order valence-electron chi connectivity index (χ1n) is 5.80. The van der Waals surface area contributed by atoms with Crippen molar-refractivity contribution in [2.75, 3.05) is 7.11 Å². The van der Waals surface area contributed by atoms with Gasteiger partial charge in [0.05, 0.1) is 22.7 Å². The molecule has 0 spiro atoms. The first-order valence-corrected chi connectivity index (χ1v) is 8.14. The van der Waals surface area contributed by atoms with E-state index in [0.29, 0.717) is 10.6 Å². The lowest BCUT2D eigenvalue weighted by molar-refractivity contribution is 0.0600. The summed E-state index contributed by atoms with van der Waals surface area (Å²) in [6.45, 7) is 2.01. The maximum absolute atomic E-state index is 11.0. The smallest absolute Gasteiger partial charge is 0.337 e. The van der Waals surface area contributed by atoms with Gasteiger partial charge in [-0.25, -0.2) is 4.79 Å². The van der Waals surface area contributed by atoms with Crippen molar-refractivity contribution in [2.24, 2.45) is 0 Å². The molecule has 0 N–H and O–H groups in total. The second-order valence-electron chi connectivity index (χ2n) is 4.04. The van der Waals surface area contributed by atoms with E-state index in [1.54, 1.807) is 18.2 Å². The van der Waals surface area contributed by atoms with Gasteiger partial charge in [0, 0.05) is 8.95 Å². The number of rotatable bonds is 1. The second-order valence-corrected chi connectivity index (χ2v) is 6.56. The molecule has 0 aliphatic rings. The number of ether oxygens (including phenoxy) is 1. The number of halogens is 4.